The number of aryl methyl sites for hydroxylation is 1. The van der Waals surface area contributed by atoms with Crippen LogP contribution in [-0.2, 0) is 20.0 Å². The number of sulfonamides is 2. The first-order valence-corrected chi connectivity index (χ1v) is 11.1. The number of nitrogens with one attached hydrogen (secondary N) is 1. The molecule has 0 aliphatic carbocycles. The van der Waals surface area contributed by atoms with Crippen LogP contribution in [0.15, 0.2) is 53.4 Å². The largest absolute Gasteiger partial charge is 0.280 e. The number of nitrogens with zero attached hydrogens (tertiary/aromatic N) is 1. The zero-order chi connectivity index (χ0) is 18.1. The summed E-state index contributed by atoms with van der Waals surface area (Å²) < 4.78 is 53.5. The van der Waals surface area contributed by atoms with E-state index in [9.17, 15) is 16.8 Å². The van der Waals surface area contributed by atoms with E-state index in [1.807, 2.05) is 0 Å². The van der Waals surface area contributed by atoms with Crippen LogP contribution in [0.1, 0.15) is 18.4 Å². The minimum Gasteiger partial charge on any atom is -0.280 e. The van der Waals surface area contributed by atoms with Crippen molar-refractivity contribution in [3.8, 4) is 0 Å². The SMILES string of the molecule is Cc1ccccc1S(=O)(=O)Nc1cccc(N2CCCCS2(=O)=O)c1. The van der Waals surface area contributed by atoms with Crippen molar-refractivity contribution in [3.63, 3.8) is 0 Å². The Balaban J connectivity index is 1.91. The second-order valence-corrected chi connectivity index (χ2v) is 9.68. The van der Waals surface area contributed by atoms with E-state index in [0.29, 0.717) is 29.9 Å². The monoisotopic (exact) mass is 380 g/mol. The summed E-state index contributed by atoms with van der Waals surface area (Å²) in [5.74, 6) is 0.117. The van der Waals surface area contributed by atoms with Gasteiger partial charge in [-0.1, -0.05) is 24.3 Å². The van der Waals surface area contributed by atoms with Crippen LogP contribution in [-0.4, -0.2) is 29.1 Å². The van der Waals surface area contributed by atoms with Crippen LogP contribution < -0.4 is 9.03 Å². The van der Waals surface area contributed by atoms with Crippen molar-refractivity contribution in [2.24, 2.45) is 0 Å². The Labute approximate surface area is 148 Å². The summed E-state index contributed by atoms with van der Waals surface area (Å²) in [5, 5.41) is 0. The quantitative estimate of drug-likeness (QED) is 0.884. The summed E-state index contributed by atoms with van der Waals surface area (Å²) >= 11 is 0. The first-order valence-electron chi connectivity index (χ1n) is 7.98. The van der Waals surface area contributed by atoms with E-state index < -0.39 is 20.0 Å². The van der Waals surface area contributed by atoms with Crippen molar-refractivity contribution < 1.29 is 16.8 Å². The Bertz CT molecular complexity index is 985. The average Bonchev–Trinajstić information content (AvgIpc) is 2.54. The highest BCUT2D eigenvalue weighted by Gasteiger charge is 2.26. The highest BCUT2D eigenvalue weighted by atomic mass is 32.2. The molecule has 1 aliphatic heterocycles. The van der Waals surface area contributed by atoms with E-state index in [1.54, 1.807) is 49.4 Å². The van der Waals surface area contributed by atoms with Gasteiger partial charge in [0.2, 0.25) is 10.0 Å². The molecule has 25 heavy (non-hydrogen) atoms. The van der Waals surface area contributed by atoms with Gasteiger partial charge in [0.15, 0.2) is 0 Å². The predicted octanol–water partition coefficient (Wildman–Crippen LogP) is 2.73. The molecule has 0 spiro atoms. The maximum absolute atomic E-state index is 12.6. The van der Waals surface area contributed by atoms with E-state index in [2.05, 4.69) is 4.72 Å². The van der Waals surface area contributed by atoms with Crippen LogP contribution in [0.2, 0.25) is 0 Å². The Morgan fingerprint density at radius 2 is 1.80 bits per heavy atom. The number of hydrogen-bond acceptors (Lipinski definition) is 4. The third kappa shape index (κ3) is 3.80. The summed E-state index contributed by atoms with van der Waals surface area (Å²) in [4.78, 5) is 0.200. The Hall–Kier alpha value is -2.06. The molecule has 0 atom stereocenters. The standard InChI is InChI=1S/C17H20N2O4S2/c1-14-7-2-3-10-17(14)25(22,23)18-15-8-6-9-16(13-15)19-11-4-5-12-24(19,20)21/h2-3,6-10,13,18H,4-5,11-12H2,1H3. The maximum atomic E-state index is 12.6. The summed E-state index contributed by atoms with van der Waals surface area (Å²) in [7, 11) is -7.08. The highest BCUT2D eigenvalue weighted by molar-refractivity contribution is 7.93. The topological polar surface area (TPSA) is 83.6 Å². The molecule has 0 amide bonds. The lowest BCUT2D eigenvalue weighted by Crippen LogP contribution is -2.37. The minimum atomic E-state index is -3.74. The fourth-order valence-corrected chi connectivity index (χ4v) is 5.80. The summed E-state index contributed by atoms with van der Waals surface area (Å²) in [6.45, 7) is 2.14. The van der Waals surface area contributed by atoms with Gasteiger partial charge in [-0.05, 0) is 49.6 Å². The van der Waals surface area contributed by atoms with Crippen molar-refractivity contribution >= 4 is 31.4 Å². The minimum absolute atomic E-state index is 0.117. The van der Waals surface area contributed by atoms with Gasteiger partial charge in [-0.2, -0.15) is 0 Å². The third-order valence-corrected chi connectivity index (χ3v) is 7.53. The molecule has 0 radical (unpaired) electrons. The first kappa shape index (κ1) is 17.8. The number of hydrogen-bond donors (Lipinski definition) is 1. The maximum Gasteiger partial charge on any atom is 0.262 e. The van der Waals surface area contributed by atoms with Crippen molar-refractivity contribution in [1.82, 2.24) is 0 Å². The van der Waals surface area contributed by atoms with Crippen molar-refractivity contribution in [1.29, 1.82) is 0 Å². The van der Waals surface area contributed by atoms with E-state index in [-0.39, 0.29) is 10.6 Å². The van der Waals surface area contributed by atoms with Gasteiger partial charge in [-0.3, -0.25) is 9.03 Å². The normalized spacial score (nSPS) is 17.2. The molecule has 3 rings (SSSR count). The highest BCUT2D eigenvalue weighted by Crippen LogP contribution is 2.27. The van der Waals surface area contributed by atoms with Crippen LogP contribution >= 0.6 is 0 Å². The molecule has 0 aromatic heterocycles. The molecular formula is C17H20N2O4S2. The first-order chi connectivity index (χ1) is 11.8. The zero-order valence-corrected chi connectivity index (χ0v) is 15.5. The van der Waals surface area contributed by atoms with Gasteiger partial charge in [0.1, 0.15) is 0 Å². The van der Waals surface area contributed by atoms with Crippen molar-refractivity contribution in [2.75, 3.05) is 21.3 Å². The van der Waals surface area contributed by atoms with Crippen molar-refractivity contribution in [2.45, 2.75) is 24.7 Å². The lowest BCUT2D eigenvalue weighted by atomic mass is 10.2. The molecule has 0 bridgehead atoms. The van der Waals surface area contributed by atoms with Crippen LogP contribution in [0.4, 0.5) is 11.4 Å². The fraction of sp³-hybridized carbons (Fsp3) is 0.294. The summed E-state index contributed by atoms with van der Waals surface area (Å²) in [5.41, 5.74) is 1.45. The van der Waals surface area contributed by atoms with Gasteiger partial charge in [0, 0.05) is 6.54 Å². The molecular weight excluding hydrogens is 360 g/mol. The fourth-order valence-electron chi connectivity index (χ4n) is 2.87. The Morgan fingerprint density at radius 3 is 2.52 bits per heavy atom. The molecule has 1 saturated heterocycles. The lowest BCUT2D eigenvalue weighted by Gasteiger charge is -2.28. The predicted molar refractivity (Wildman–Crippen MR) is 98.8 cm³/mol. The third-order valence-electron chi connectivity index (χ3n) is 4.12. The summed E-state index contributed by atoms with van der Waals surface area (Å²) in [6.07, 6.45) is 1.44. The van der Waals surface area contributed by atoms with Crippen LogP contribution in [0.25, 0.3) is 0 Å². The average molecular weight is 380 g/mol. The van der Waals surface area contributed by atoms with E-state index in [4.69, 9.17) is 0 Å². The molecule has 0 unspecified atom stereocenters. The molecule has 1 N–H and O–H groups in total. The number of benzene rings is 2. The van der Waals surface area contributed by atoms with E-state index in [0.717, 1.165) is 6.42 Å². The van der Waals surface area contributed by atoms with E-state index >= 15 is 0 Å². The second kappa shape index (κ2) is 6.68. The summed E-state index contributed by atoms with van der Waals surface area (Å²) in [6, 6.07) is 13.2. The molecule has 0 saturated carbocycles. The molecule has 1 heterocycles. The molecule has 6 nitrogen and oxygen atoms in total. The Kier molecular flexibility index (Phi) is 4.75. The van der Waals surface area contributed by atoms with Crippen LogP contribution in [0, 0.1) is 6.92 Å². The molecule has 1 fully saturated rings. The van der Waals surface area contributed by atoms with Gasteiger partial charge in [-0.15, -0.1) is 0 Å². The van der Waals surface area contributed by atoms with Crippen molar-refractivity contribution in [3.05, 3.63) is 54.1 Å². The van der Waals surface area contributed by atoms with Crippen LogP contribution in [0.5, 0.6) is 0 Å². The van der Waals surface area contributed by atoms with Gasteiger partial charge >= 0.3 is 0 Å². The number of anilines is 2. The Morgan fingerprint density at radius 1 is 1.04 bits per heavy atom. The molecule has 8 heteroatoms. The van der Waals surface area contributed by atoms with Gasteiger partial charge in [0.25, 0.3) is 10.0 Å². The molecule has 2 aromatic carbocycles. The molecule has 134 valence electrons. The smallest absolute Gasteiger partial charge is 0.262 e. The lowest BCUT2D eigenvalue weighted by molar-refractivity contribution is 0.574. The van der Waals surface area contributed by atoms with Gasteiger partial charge in [0.05, 0.1) is 22.0 Å². The second-order valence-electron chi connectivity index (χ2n) is 6.02. The van der Waals surface area contributed by atoms with Crippen LogP contribution in [0.3, 0.4) is 0 Å². The number of rotatable bonds is 4. The van der Waals surface area contributed by atoms with Gasteiger partial charge < -0.3 is 0 Å². The zero-order valence-electron chi connectivity index (χ0n) is 13.8. The molecule has 2 aromatic rings. The van der Waals surface area contributed by atoms with Gasteiger partial charge in [-0.25, -0.2) is 16.8 Å². The molecule has 1 aliphatic rings. The van der Waals surface area contributed by atoms with E-state index in [1.165, 1.54) is 10.4 Å².